The summed E-state index contributed by atoms with van der Waals surface area (Å²) in [6, 6.07) is 9.45. The van der Waals surface area contributed by atoms with Crippen molar-refractivity contribution in [2.75, 3.05) is 0 Å². The number of rotatable bonds is 1. The van der Waals surface area contributed by atoms with Gasteiger partial charge in [0.05, 0.1) is 5.92 Å². The van der Waals surface area contributed by atoms with Gasteiger partial charge >= 0.3 is 5.97 Å². The Hall–Kier alpha value is -1.90. The van der Waals surface area contributed by atoms with E-state index in [2.05, 4.69) is 0 Å². The Morgan fingerprint density at radius 3 is 2.55 bits per heavy atom. The first-order valence-electron chi connectivity index (χ1n) is 7.27. The number of esters is 1. The van der Waals surface area contributed by atoms with E-state index in [1.807, 2.05) is 30.3 Å². The molecule has 3 heteroatoms. The zero-order valence-electron chi connectivity index (χ0n) is 11.4. The molecule has 0 spiro atoms. The van der Waals surface area contributed by atoms with E-state index in [1.165, 1.54) is 0 Å². The number of carbonyl (C=O) groups excluding carboxylic acids is 2. The predicted molar refractivity (Wildman–Crippen MR) is 75.9 cm³/mol. The molecule has 104 valence electrons. The minimum atomic E-state index is -0.456. The smallest absolute Gasteiger partial charge is 0.342 e. The lowest BCUT2D eigenvalue weighted by molar-refractivity contribution is -0.156. The minimum Gasteiger partial charge on any atom is -0.458 e. The minimum absolute atomic E-state index is 0.0306. The summed E-state index contributed by atoms with van der Waals surface area (Å²) >= 11 is 0. The summed E-state index contributed by atoms with van der Waals surface area (Å²) in [6.07, 6.45) is 6.32. The molecule has 0 bridgehead atoms. The van der Waals surface area contributed by atoms with Crippen molar-refractivity contribution in [2.24, 2.45) is 5.92 Å². The number of carbonyl (C=O) groups is 2. The van der Waals surface area contributed by atoms with Crippen molar-refractivity contribution in [3.8, 4) is 0 Å². The van der Waals surface area contributed by atoms with Crippen LogP contribution in [0.5, 0.6) is 0 Å². The van der Waals surface area contributed by atoms with Gasteiger partial charge in [-0.15, -0.1) is 0 Å². The van der Waals surface area contributed by atoms with E-state index in [0.29, 0.717) is 0 Å². The summed E-state index contributed by atoms with van der Waals surface area (Å²) in [5.74, 6) is -0.621. The van der Waals surface area contributed by atoms with Gasteiger partial charge in [-0.3, -0.25) is 4.79 Å². The van der Waals surface area contributed by atoms with Crippen LogP contribution in [-0.2, 0) is 14.3 Å². The molecule has 3 rings (SSSR count). The van der Waals surface area contributed by atoms with E-state index in [4.69, 9.17) is 4.74 Å². The number of ketones is 1. The van der Waals surface area contributed by atoms with Gasteiger partial charge in [-0.2, -0.15) is 0 Å². The quantitative estimate of drug-likeness (QED) is 0.447. The maximum atomic E-state index is 12.6. The molecule has 0 aromatic heterocycles. The molecule has 1 aliphatic carbocycles. The first-order valence-corrected chi connectivity index (χ1v) is 7.27. The zero-order chi connectivity index (χ0) is 13.9. The van der Waals surface area contributed by atoms with Gasteiger partial charge in [0.25, 0.3) is 0 Å². The van der Waals surface area contributed by atoms with E-state index in [0.717, 1.165) is 37.7 Å². The van der Waals surface area contributed by atoms with Crippen LogP contribution in [0.15, 0.2) is 35.9 Å². The monoisotopic (exact) mass is 270 g/mol. The SMILES string of the molecule is O=C1OC2CCCCCC2C(=O)/C1=C/c1ccccc1. The fraction of sp³-hybridized carbons (Fsp3) is 0.412. The van der Waals surface area contributed by atoms with Gasteiger partial charge in [-0.05, 0) is 30.9 Å². The summed E-state index contributed by atoms with van der Waals surface area (Å²) in [6.45, 7) is 0. The van der Waals surface area contributed by atoms with Gasteiger partial charge in [0.15, 0.2) is 5.78 Å². The van der Waals surface area contributed by atoms with Gasteiger partial charge in [-0.1, -0.05) is 43.2 Å². The molecule has 0 amide bonds. The molecule has 0 radical (unpaired) electrons. The van der Waals surface area contributed by atoms with Gasteiger partial charge in [0.1, 0.15) is 11.7 Å². The second-order valence-corrected chi connectivity index (χ2v) is 5.52. The van der Waals surface area contributed by atoms with Crippen LogP contribution in [0.2, 0.25) is 0 Å². The van der Waals surface area contributed by atoms with Crippen LogP contribution < -0.4 is 0 Å². The number of fused-ring (bicyclic) bond motifs is 1. The third kappa shape index (κ3) is 2.53. The average molecular weight is 270 g/mol. The number of benzene rings is 1. The topological polar surface area (TPSA) is 43.4 Å². The molecule has 2 unspecified atom stereocenters. The Morgan fingerprint density at radius 2 is 1.75 bits per heavy atom. The summed E-state index contributed by atoms with van der Waals surface area (Å²) in [4.78, 5) is 24.6. The number of Topliss-reactive ketones (excluding diaryl/α,β-unsaturated/α-hetero) is 1. The Balaban J connectivity index is 1.90. The number of ether oxygens (including phenoxy) is 1. The van der Waals surface area contributed by atoms with Crippen LogP contribution in [-0.4, -0.2) is 17.9 Å². The van der Waals surface area contributed by atoms with Crippen molar-refractivity contribution in [2.45, 2.75) is 38.2 Å². The van der Waals surface area contributed by atoms with E-state index in [-0.39, 0.29) is 23.4 Å². The highest BCUT2D eigenvalue weighted by atomic mass is 16.5. The first kappa shape index (κ1) is 13.1. The lowest BCUT2D eigenvalue weighted by atomic mass is 9.85. The fourth-order valence-electron chi connectivity index (χ4n) is 3.06. The Bertz CT molecular complexity index is 545. The van der Waals surface area contributed by atoms with Crippen molar-refractivity contribution >= 4 is 17.8 Å². The van der Waals surface area contributed by atoms with Gasteiger partial charge in [-0.25, -0.2) is 4.79 Å². The highest BCUT2D eigenvalue weighted by Gasteiger charge is 2.41. The van der Waals surface area contributed by atoms with Crippen molar-refractivity contribution in [1.29, 1.82) is 0 Å². The molecule has 1 heterocycles. The van der Waals surface area contributed by atoms with Crippen molar-refractivity contribution in [3.05, 3.63) is 41.5 Å². The molecule has 20 heavy (non-hydrogen) atoms. The maximum Gasteiger partial charge on any atom is 0.342 e. The standard InChI is InChI=1S/C17H18O3/c18-16-13-9-5-2-6-10-15(13)20-17(19)14(16)11-12-7-3-1-4-8-12/h1,3-4,7-8,11,13,15H,2,5-6,9-10H2/b14-11-. The number of hydrogen-bond donors (Lipinski definition) is 0. The van der Waals surface area contributed by atoms with Gasteiger partial charge < -0.3 is 4.74 Å². The molecule has 2 atom stereocenters. The molecule has 3 nitrogen and oxygen atoms in total. The normalized spacial score (nSPS) is 28.7. The largest absolute Gasteiger partial charge is 0.458 e. The second-order valence-electron chi connectivity index (χ2n) is 5.52. The van der Waals surface area contributed by atoms with E-state index >= 15 is 0 Å². The second kappa shape index (κ2) is 5.61. The zero-order valence-corrected chi connectivity index (χ0v) is 11.4. The van der Waals surface area contributed by atoms with Crippen LogP contribution >= 0.6 is 0 Å². The lowest BCUT2D eigenvalue weighted by Crippen LogP contribution is -2.40. The molecule has 1 aliphatic heterocycles. The molecule has 1 saturated carbocycles. The van der Waals surface area contributed by atoms with Gasteiger partial charge in [0.2, 0.25) is 0 Å². The summed E-state index contributed by atoms with van der Waals surface area (Å²) in [5, 5.41) is 0. The Morgan fingerprint density at radius 1 is 1.00 bits per heavy atom. The summed E-state index contributed by atoms with van der Waals surface area (Å²) < 4.78 is 5.50. The van der Waals surface area contributed by atoms with E-state index < -0.39 is 5.97 Å². The fourth-order valence-corrected chi connectivity index (χ4v) is 3.06. The molecule has 1 saturated heterocycles. The molecule has 2 aliphatic rings. The highest BCUT2D eigenvalue weighted by molar-refractivity contribution is 6.22. The van der Waals surface area contributed by atoms with Crippen LogP contribution in [0.4, 0.5) is 0 Å². The van der Waals surface area contributed by atoms with Gasteiger partial charge in [0, 0.05) is 0 Å². The average Bonchev–Trinajstić information content (AvgIpc) is 2.70. The third-order valence-electron chi connectivity index (χ3n) is 4.14. The Labute approximate surface area is 118 Å². The van der Waals surface area contributed by atoms with Crippen LogP contribution in [0.3, 0.4) is 0 Å². The molecular weight excluding hydrogens is 252 g/mol. The molecule has 0 N–H and O–H groups in total. The molecule has 1 aromatic carbocycles. The van der Waals surface area contributed by atoms with Crippen molar-refractivity contribution in [3.63, 3.8) is 0 Å². The first-order chi connectivity index (χ1) is 9.75. The maximum absolute atomic E-state index is 12.6. The molecule has 1 aromatic rings. The Kier molecular flexibility index (Phi) is 3.68. The third-order valence-corrected chi connectivity index (χ3v) is 4.14. The van der Waals surface area contributed by atoms with E-state index in [1.54, 1.807) is 6.08 Å². The number of hydrogen-bond acceptors (Lipinski definition) is 3. The lowest BCUT2D eigenvalue weighted by Gasteiger charge is -2.29. The van der Waals surface area contributed by atoms with Crippen LogP contribution in [0.25, 0.3) is 6.08 Å². The summed E-state index contributed by atoms with van der Waals surface area (Å²) in [5.41, 5.74) is 1.07. The van der Waals surface area contributed by atoms with Crippen molar-refractivity contribution in [1.82, 2.24) is 0 Å². The predicted octanol–water partition coefficient (Wildman–Crippen LogP) is 3.14. The van der Waals surface area contributed by atoms with E-state index in [9.17, 15) is 9.59 Å². The van der Waals surface area contributed by atoms with Crippen LogP contribution in [0.1, 0.15) is 37.7 Å². The van der Waals surface area contributed by atoms with Crippen molar-refractivity contribution < 1.29 is 14.3 Å². The summed E-state index contributed by atoms with van der Waals surface area (Å²) in [7, 11) is 0. The highest BCUT2D eigenvalue weighted by Crippen LogP contribution is 2.33. The van der Waals surface area contributed by atoms with Crippen LogP contribution in [0, 0.1) is 5.92 Å². The molecular formula is C17H18O3. The molecule has 2 fully saturated rings.